The number of carboxylic acids is 1. The van der Waals surface area contributed by atoms with Crippen LogP contribution in [-0.2, 0) is 9.53 Å². The first-order chi connectivity index (χ1) is 7.78. The molecule has 0 unspecified atom stereocenters. The zero-order chi connectivity index (χ0) is 13.1. The van der Waals surface area contributed by atoms with E-state index in [1.165, 1.54) is 0 Å². The van der Waals surface area contributed by atoms with Crippen molar-refractivity contribution in [2.75, 3.05) is 32.7 Å². The minimum absolute atomic E-state index is 0. The summed E-state index contributed by atoms with van der Waals surface area (Å²) in [6.07, 6.45) is -0.326. The van der Waals surface area contributed by atoms with Crippen molar-refractivity contribution in [2.24, 2.45) is 0 Å². The van der Waals surface area contributed by atoms with Gasteiger partial charge >= 0.3 is 30.9 Å². The number of nitrogens with zero attached hydrogens (tertiary/aromatic N) is 2. The van der Waals surface area contributed by atoms with Crippen LogP contribution in [0.3, 0.4) is 0 Å². The molecule has 1 fully saturated rings. The van der Waals surface area contributed by atoms with Gasteiger partial charge in [-0.15, -0.1) is 0 Å². The maximum absolute atomic E-state index is 11.7. The summed E-state index contributed by atoms with van der Waals surface area (Å²) in [6, 6.07) is 0. The normalized spacial score (nSPS) is 16.9. The van der Waals surface area contributed by atoms with Crippen LogP contribution in [0.4, 0.5) is 4.79 Å². The zero-order valence-corrected chi connectivity index (χ0v) is 10.6. The van der Waals surface area contributed by atoms with Gasteiger partial charge < -0.3 is 14.7 Å². The summed E-state index contributed by atoms with van der Waals surface area (Å²) in [5, 5.41) is 8.65. The van der Waals surface area contributed by atoms with E-state index in [1.807, 2.05) is 25.7 Å². The molecule has 1 rings (SSSR count). The molecule has 0 saturated carbocycles. The van der Waals surface area contributed by atoms with Crippen LogP contribution in [0.1, 0.15) is 20.8 Å². The van der Waals surface area contributed by atoms with E-state index in [1.54, 1.807) is 4.90 Å². The average molecular weight is 252 g/mol. The fourth-order valence-electron chi connectivity index (χ4n) is 1.61. The van der Waals surface area contributed by atoms with Crippen LogP contribution >= 0.6 is 0 Å². The van der Waals surface area contributed by atoms with Gasteiger partial charge in [0.25, 0.3) is 0 Å². The third kappa shape index (κ3) is 6.29. The molecule has 0 spiro atoms. The predicted octanol–water partition coefficient (Wildman–Crippen LogP) is -0.0248. The Hall–Kier alpha value is -0.703. The molecule has 0 aliphatic carbocycles. The topological polar surface area (TPSA) is 70.1 Å². The van der Waals surface area contributed by atoms with Crippen molar-refractivity contribution in [1.82, 2.24) is 9.80 Å². The summed E-state index contributed by atoms with van der Waals surface area (Å²) in [6.45, 7) is 7.69. The quantitative estimate of drug-likeness (QED) is 0.699. The first-order valence-corrected chi connectivity index (χ1v) is 5.70. The van der Waals surface area contributed by atoms with Crippen molar-refractivity contribution in [3.8, 4) is 0 Å². The van der Waals surface area contributed by atoms with E-state index in [9.17, 15) is 9.59 Å². The molecule has 18 heavy (non-hydrogen) atoms. The molecule has 0 aromatic rings. The number of carbonyl (C=O) groups is 2. The first kappa shape index (κ1) is 17.3. The van der Waals surface area contributed by atoms with Gasteiger partial charge in [0.1, 0.15) is 5.60 Å². The van der Waals surface area contributed by atoms with Crippen LogP contribution in [0.2, 0.25) is 0 Å². The Kier molecular flexibility index (Phi) is 6.75. The zero-order valence-electron chi connectivity index (χ0n) is 10.6. The van der Waals surface area contributed by atoms with E-state index in [0.717, 1.165) is 0 Å². The summed E-state index contributed by atoms with van der Waals surface area (Å²) in [4.78, 5) is 25.7. The molecule has 7 heteroatoms. The number of aliphatic carboxylic acids is 1. The average Bonchev–Trinajstić information content (AvgIpc) is 2.15. The number of carbonyl (C=O) groups excluding carboxylic acids is 1. The molecule has 1 saturated heterocycles. The Labute approximate surface area is 119 Å². The Morgan fingerprint density at radius 2 is 1.67 bits per heavy atom. The molecule has 0 aromatic heterocycles. The number of hydrogen-bond donors (Lipinski definition) is 1. The summed E-state index contributed by atoms with van der Waals surface area (Å²) in [7, 11) is 0. The van der Waals surface area contributed by atoms with Crippen LogP contribution in [0.5, 0.6) is 0 Å². The van der Waals surface area contributed by atoms with Crippen LogP contribution in [0.25, 0.3) is 0 Å². The van der Waals surface area contributed by atoms with E-state index >= 15 is 0 Å². The molecule has 1 amide bonds. The number of carboxylic acid groups (broad SMARTS) is 1. The van der Waals surface area contributed by atoms with Crippen molar-refractivity contribution >= 4 is 30.9 Å². The standard InChI is InChI=1S/C11H20N2O4.Li.H/c1-11(2,3)17-10(16)13-6-4-12(5-7-13)8-9(14)15;;/h4-8H2,1-3H3,(H,14,15);;. The second-order valence-corrected chi connectivity index (χ2v) is 5.14. The van der Waals surface area contributed by atoms with Crippen LogP contribution in [-0.4, -0.2) is 84.2 Å². The molecule has 0 aromatic carbocycles. The second kappa shape index (κ2) is 7.03. The molecule has 1 aliphatic rings. The summed E-state index contributed by atoms with van der Waals surface area (Å²) in [5.41, 5.74) is -0.491. The van der Waals surface area contributed by atoms with Crippen LogP contribution in [0, 0.1) is 0 Å². The van der Waals surface area contributed by atoms with Crippen molar-refractivity contribution in [2.45, 2.75) is 26.4 Å². The molecule has 1 aliphatic heterocycles. The Balaban J connectivity index is 0.00000289. The monoisotopic (exact) mass is 252 g/mol. The van der Waals surface area contributed by atoms with Gasteiger partial charge in [0.05, 0.1) is 6.54 Å². The maximum atomic E-state index is 11.7. The third-order valence-corrected chi connectivity index (χ3v) is 2.38. The van der Waals surface area contributed by atoms with E-state index < -0.39 is 11.6 Å². The van der Waals surface area contributed by atoms with Crippen LogP contribution in [0.15, 0.2) is 0 Å². The molecule has 1 N–H and O–H groups in total. The molecular weight excluding hydrogens is 231 g/mol. The van der Waals surface area contributed by atoms with Crippen molar-refractivity contribution in [3.63, 3.8) is 0 Å². The molecule has 0 bridgehead atoms. The van der Waals surface area contributed by atoms with E-state index in [4.69, 9.17) is 9.84 Å². The van der Waals surface area contributed by atoms with Crippen molar-refractivity contribution < 1.29 is 19.4 Å². The number of piperazine rings is 1. The van der Waals surface area contributed by atoms with E-state index in [-0.39, 0.29) is 31.5 Å². The van der Waals surface area contributed by atoms with Crippen LogP contribution < -0.4 is 0 Å². The molecule has 100 valence electrons. The molecular formula is C11H21LiN2O4. The van der Waals surface area contributed by atoms with Gasteiger partial charge in [-0.2, -0.15) is 0 Å². The molecule has 0 atom stereocenters. The minimum atomic E-state index is -0.837. The SMILES string of the molecule is CC(C)(C)OC(=O)N1CCN(CC(=O)O)CC1.[LiH]. The summed E-state index contributed by atoms with van der Waals surface area (Å²) < 4.78 is 5.25. The van der Waals surface area contributed by atoms with E-state index in [0.29, 0.717) is 26.2 Å². The van der Waals surface area contributed by atoms with Gasteiger partial charge in [-0.05, 0) is 20.8 Å². The molecule has 1 heterocycles. The molecule has 0 radical (unpaired) electrons. The van der Waals surface area contributed by atoms with Gasteiger partial charge in [-0.1, -0.05) is 0 Å². The fourth-order valence-corrected chi connectivity index (χ4v) is 1.61. The Bertz CT molecular complexity index is 296. The predicted molar refractivity (Wildman–Crippen MR) is 69.0 cm³/mol. The second-order valence-electron chi connectivity index (χ2n) is 5.14. The van der Waals surface area contributed by atoms with Gasteiger partial charge in [-0.3, -0.25) is 9.69 Å². The van der Waals surface area contributed by atoms with Crippen molar-refractivity contribution in [1.29, 1.82) is 0 Å². The number of rotatable bonds is 2. The fraction of sp³-hybridized carbons (Fsp3) is 0.818. The summed E-state index contributed by atoms with van der Waals surface area (Å²) >= 11 is 0. The van der Waals surface area contributed by atoms with Gasteiger partial charge in [0.15, 0.2) is 0 Å². The number of ether oxygens (including phenoxy) is 1. The first-order valence-electron chi connectivity index (χ1n) is 5.70. The van der Waals surface area contributed by atoms with E-state index in [2.05, 4.69) is 0 Å². The van der Waals surface area contributed by atoms with Gasteiger partial charge in [-0.25, -0.2) is 4.79 Å². The van der Waals surface area contributed by atoms with Gasteiger partial charge in [0, 0.05) is 26.2 Å². The summed E-state index contributed by atoms with van der Waals surface area (Å²) in [5.74, 6) is -0.837. The molecule has 6 nitrogen and oxygen atoms in total. The van der Waals surface area contributed by atoms with Crippen molar-refractivity contribution in [3.05, 3.63) is 0 Å². The third-order valence-electron chi connectivity index (χ3n) is 2.38. The Morgan fingerprint density at radius 1 is 1.17 bits per heavy atom. The van der Waals surface area contributed by atoms with Gasteiger partial charge in [0.2, 0.25) is 0 Å². The number of hydrogen-bond acceptors (Lipinski definition) is 4. The Morgan fingerprint density at radius 3 is 2.06 bits per heavy atom. The number of amides is 1.